The molecule has 1 aliphatic heterocycles. The normalized spacial score (nSPS) is 17.4. The smallest absolute Gasteiger partial charge is 0.247 e. The number of carbonyl (C=O) groups is 2. The second-order valence-electron chi connectivity index (χ2n) is 6.46. The first-order chi connectivity index (χ1) is 12.1. The lowest BCUT2D eigenvalue weighted by molar-refractivity contribution is -0.133. The Hall–Kier alpha value is -2.50. The topological polar surface area (TPSA) is 81.9 Å². The van der Waals surface area contributed by atoms with Crippen LogP contribution in [0.15, 0.2) is 24.3 Å². The van der Waals surface area contributed by atoms with Crippen molar-refractivity contribution >= 4 is 17.9 Å². The van der Waals surface area contributed by atoms with Gasteiger partial charge < -0.3 is 20.1 Å². The van der Waals surface area contributed by atoms with E-state index < -0.39 is 5.91 Å². The number of nitrogens with two attached hydrogens (primary N) is 1. The van der Waals surface area contributed by atoms with Crippen molar-refractivity contribution in [3.63, 3.8) is 0 Å². The number of hydrogen-bond donors (Lipinski definition) is 1. The summed E-state index contributed by atoms with van der Waals surface area (Å²) in [7, 11) is 0. The van der Waals surface area contributed by atoms with Crippen LogP contribution in [-0.4, -0.2) is 42.5 Å². The fraction of sp³-hybridized carbons (Fsp3) is 0.474. The molecule has 0 atom stereocenters. The van der Waals surface area contributed by atoms with Crippen molar-refractivity contribution in [2.45, 2.75) is 38.1 Å². The van der Waals surface area contributed by atoms with Gasteiger partial charge in [0.15, 0.2) is 11.5 Å². The lowest BCUT2D eigenvalue weighted by Gasteiger charge is -2.26. The van der Waals surface area contributed by atoms with Crippen molar-refractivity contribution in [2.75, 3.05) is 19.8 Å². The molecule has 1 aromatic rings. The van der Waals surface area contributed by atoms with Crippen LogP contribution >= 0.6 is 0 Å². The maximum absolute atomic E-state index is 12.6. The van der Waals surface area contributed by atoms with Crippen LogP contribution in [0.3, 0.4) is 0 Å². The standard InChI is InChI=1S/C19H24N2O4/c20-18(22)13-21(15-4-1-2-5-15)19(23)9-7-14-6-8-16-17(12-14)25-11-3-10-24-16/h6-9,12,15H,1-5,10-11,13H2,(H2,20,22)/b9-7-. The summed E-state index contributed by atoms with van der Waals surface area (Å²) in [5.41, 5.74) is 6.16. The van der Waals surface area contributed by atoms with Crippen molar-refractivity contribution in [3.05, 3.63) is 29.8 Å². The molecule has 134 valence electrons. The van der Waals surface area contributed by atoms with Gasteiger partial charge in [-0.3, -0.25) is 9.59 Å². The van der Waals surface area contributed by atoms with E-state index in [0.29, 0.717) is 19.0 Å². The van der Waals surface area contributed by atoms with Crippen LogP contribution in [0.2, 0.25) is 0 Å². The van der Waals surface area contributed by atoms with E-state index in [9.17, 15) is 9.59 Å². The predicted octanol–water partition coefficient (Wildman–Crippen LogP) is 2.12. The summed E-state index contributed by atoms with van der Waals surface area (Å²) in [6, 6.07) is 5.69. The third kappa shape index (κ3) is 4.53. The Morgan fingerprint density at radius 2 is 1.84 bits per heavy atom. The van der Waals surface area contributed by atoms with E-state index in [4.69, 9.17) is 15.2 Å². The highest BCUT2D eigenvalue weighted by Gasteiger charge is 2.26. The fourth-order valence-corrected chi connectivity index (χ4v) is 3.32. The number of hydrogen-bond acceptors (Lipinski definition) is 4. The molecule has 1 heterocycles. The molecule has 1 fully saturated rings. The van der Waals surface area contributed by atoms with E-state index in [-0.39, 0.29) is 18.5 Å². The highest BCUT2D eigenvalue weighted by atomic mass is 16.5. The highest BCUT2D eigenvalue weighted by molar-refractivity contribution is 5.94. The van der Waals surface area contributed by atoms with Gasteiger partial charge in [-0.25, -0.2) is 0 Å². The molecule has 1 aliphatic carbocycles. The number of fused-ring (bicyclic) bond motifs is 1. The Morgan fingerprint density at radius 3 is 2.56 bits per heavy atom. The van der Waals surface area contributed by atoms with Gasteiger partial charge in [-0.05, 0) is 36.6 Å². The average Bonchev–Trinajstić information content (AvgIpc) is 3.02. The minimum atomic E-state index is -0.482. The summed E-state index contributed by atoms with van der Waals surface area (Å²) in [4.78, 5) is 25.5. The zero-order chi connectivity index (χ0) is 17.6. The monoisotopic (exact) mass is 344 g/mol. The Labute approximate surface area is 147 Å². The third-order valence-electron chi connectivity index (χ3n) is 4.56. The molecule has 3 rings (SSSR count). The molecule has 0 saturated heterocycles. The molecule has 0 radical (unpaired) electrons. The van der Waals surface area contributed by atoms with Gasteiger partial charge in [0.25, 0.3) is 0 Å². The van der Waals surface area contributed by atoms with Gasteiger partial charge in [0, 0.05) is 18.5 Å². The quantitative estimate of drug-likeness (QED) is 0.830. The molecule has 0 aromatic heterocycles. The molecule has 0 unspecified atom stereocenters. The van der Waals surface area contributed by atoms with E-state index in [2.05, 4.69) is 0 Å². The van der Waals surface area contributed by atoms with Crippen molar-refractivity contribution in [3.8, 4) is 11.5 Å². The van der Waals surface area contributed by atoms with Crippen molar-refractivity contribution in [2.24, 2.45) is 5.73 Å². The van der Waals surface area contributed by atoms with Gasteiger partial charge in [-0.15, -0.1) is 0 Å². The van der Waals surface area contributed by atoms with Crippen LogP contribution in [0.5, 0.6) is 11.5 Å². The number of ether oxygens (including phenoxy) is 2. The fourth-order valence-electron chi connectivity index (χ4n) is 3.32. The van der Waals surface area contributed by atoms with E-state index in [0.717, 1.165) is 43.4 Å². The van der Waals surface area contributed by atoms with Crippen LogP contribution in [0.1, 0.15) is 37.7 Å². The van der Waals surface area contributed by atoms with Gasteiger partial charge in [0.2, 0.25) is 11.8 Å². The molecule has 0 bridgehead atoms. The summed E-state index contributed by atoms with van der Waals surface area (Å²) < 4.78 is 11.3. The number of nitrogens with zero attached hydrogens (tertiary/aromatic N) is 1. The molecule has 6 nitrogen and oxygen atoms in total. The van der Waals surface area contributed by atoms with Gasteiger partial charge in [-0.2, -0.15) is 0 Å². The lowest BCUT2D eigenvalue weighted by Crippen LogP contribution is -2.43. The maximum Gasteiger partial charge on any atom is 0.247 e. The summed E-state index contributed by atoms with van der Waals surface area (Å²) in [6.07, 6.45) is 8.11. The average molecular weight is 344 g/mol. The zero-order valence-corrected chi connectivity index (χ0v) is 14.3. The third-order valence-corrected chi connectivity index (χ3v) is 4.56. The van der Waals surface area contributed by atoms with Gasteiger partial charge in [-0.1, -0.05) is 18.9 Å². The number of amides is 2. The van der Waals surface area contributed by atoms with E-state index in [1.54, 1.807) is 11.0 Å². The van der Waals surface area contributed by atoms with Crippen molar-refractivity contribution in [1.29, 1.82) is 0 Å². The molecular formula is C19H24N2O4. The first-order valence-corrected chi connectivity index (χ1v) is 8.80. The van der Waals surface area contributed by atoms with E-state index >= 15 is 0 Å². The molecular weight excluding hydrogens is 320 g/mol. The number of primary amides is 1. The van der Waals surface area contributed by atoms with Crippen LogP contribution in [0.25, 0.3) is 6.08 Å². The molecule has 1 aromatic carbocycles. The SMILES string of the molecule is NC(=O)CN(C(=O)/C=C\c1ccc2c(c1)OCCCO2)C1CCCC1. The second kappa shape index (κ2) is 8.05. The van der Waals surface area contributed by atoms with Crippen molar-refractivity contribution in [1.82, 2.24) is 4.90 Å². The first-order valence-electron chi connectivity index (χ1n) is 8.80. The van der Waals surface area contributed by atoms with Gasteiger partial charge in [0.05, 0.1) is 19.8 Å². The Balaban J connectivity index is 1.71. The van der Waals surface area contributed by atoms with Crippen LogP contribution in [0, 0.1) is 0 Å². The van der Waals surface area contributed by atoms with E-state index in [1.807, 2.05) is 18.2 Å². The molecule has 1 saturated carbocycles. The first kappa shape index (κ1) is 17.3. The molecule has 2 N–H and O–H groups in total. The lowest BCUT2D eigenvalue weighted by atomic mass is 10.1. The number of rotatable bonds is 5. The van der Waals surface area contributed by atoms with Gasteiger partial charge in [0.1, 0.15) is 0 Å². The number of carbonyl (C=O) groups excluding carboxylic acids is 2. The molecule has 2 aliphatic rings. The Kier molecular flexibility index (Phi) is 5.58. The minimum absolute atomic E-state index is 0.0328. The zero-order valence-electron chi connectivity index (χ0n) is 14.3. The maximum atomic E-state index is 12.6. The minimum Gasteiger partial charge on any atom is -0.490 e. The van der Waals surface area contributed by atoms with Gasteiger partial charge >= 0.3 is 0 Å². The Bertz CT molecular complexity index is 665. The van der Waals surface area contributed by atoms with Crippen LogP contribution < -0.4 is 15.2 Å². The Morgan fingerprint density at radius 1 is 1.12 bits per heavy atom. The number of benzene rings is 1. The molecule has 6 heteroatoms. The summed E-state index contributed by atoms with van der Waals surface area (Å²) in [5, 5.41) is 0. The molecule has 25 heavy (non-hydrogen) atoms. The molecule has 2 amide bonds. The van der Waals surface area contributed by atoms with Crippen LogP contribution in [-0.2, 0) is 9.59 Å². The van der Waals surface area contributed by atoms with Crippen molar-refractivity contribution < 1.29 is 19.1 Å². The van der Waals surface area contributed by atoms with E-state index in [1.165, 1.54) is 6.08 Å². The highest BCUT2D eigenvalue weighted by Crippen LogP contribution is 2.31. The summed E-state index contributed by atoms with van der Waals surface area (Å²) in [6.45, 7) is 1.23. The molecule has 0 spiro atoms. The van der Waals surface area contributed by atoms with Crippen LogP contribution in [0.4, 0.5) is 0 Å². The second-order valence-corrected chi connectivity index (χ2v) is 6.46. The predicted molar refractivity (Wildman–Crippen MR) is 94.2 cm³/mol. The largest absolute Gasteiger partial charge is 0.490 e. The summed E-state index contributed by atoms with van der Waals surface area (Å²) >= 11 is 0. The summed E-state index contributed by atoms with van der Waals surface area (Å²) in [5.74, 6) is 0.751.